The number of nitrogens with zero attached hydrogens (tertiary/aromatic N) is 2. The van der Waals surface area contributed by atoms with Gasteiger partial charge in [-0.15, -0.1) is 0 Å². The second-order valence-corrected chi connectivity index (χ2v) is 6.72. The molecule has 1 N–H and O–H groups in total. The highest BCUT2D eigenvalue weighted by atomic mass is 16.5. The Kier molecular flexibility index (Phi) is 5.04. The summed E-state index contributed by atoms with van der Waals surface area (Å²) in [4.78, 5) is 29.6. The van der Waals surface area contributed by atoms with Gasteiger partial charge >= 0.3 is 5.97 Å². The lowest BCUT2D eigenvalue weighted by Gasteiger charge is -2.38. The predicted molar refractivity (Wildman–Crippen MR) is 96.3 cm³/mol. The molecule has 3 rings (SSSR count). The minimum Gasteiger partial charge on any atom is -0.477 e. The van der Waals surface area contributed by atoms with Crippen LogP contribution in [0.25, 0.3) is 0 Å². The topological polar surface area (TPSA) is 79.7 Å². The van der Waals surface area contributed by atoms with Gasteiger partial charge in [-0.1, -0.05) is 23.8 Å². The molecule has 1 aromatic carbocycles. The normalized spacial score (nSPS) is 20.0. The van der Waals surface area contributed by atoms with Crippen molar-refractivity contribution in [1.82, 2.24) is 9.88 Å². The minimum absolute atomic E-state index is 0.0923. The maximum atomic E-state index is 13.0. The fraction of sp³-hybridized carbons (Fsp3) is 0.350. The summed E-state index contributed by atoms with van der Waals surface area (Å²) in [5.41, 5.74) is 3.54. The Labute approximate surface area is 152 Å². The molecule has 0 aliphatic carbocycles. The van der Waals surface area contributed by atoms with Crippen LogP contribution in [0.3, 0.4) is 0 Å². The number of rotatable bonds is 3. The third-order valence-electron chi connectivity index (χ3n) is 4.70. The van der Waals surface area contributed by atoms with Crippen LogP contribution in [-0.4, -0.2) is 46.1 Å². The molecule has 0 radical (unpaired) electrons. The summed E-state index contributed by atoms with van der Waals surface area (Å²) in [5, 5.41) is 9.09. The van der Waals surface area contributed by atoms with E-state index in [2.05, 4.69) is 23.2 Å². The minimum atomic E-state index is -1.15. The fourth-order valence-corrected chi connectivity index (χ4v) is 3.18. The van der Waals surface area contributed by atoms with Crippen molar-refractivity contribution >= 4 is 11.9 Å². The van der Waals surface area contributed by atoms with Crippen molar-refractivity contribution in [3.05, 3.63) is 64.5 Å². The summed E-state index contributed by atoms with van der Waals surface area (Å²) in [6.45, 7) is 6.85. The summed E-state index contributed by atoms with van der Waals surface area (Å²) in [6.07, 6.45) is 1.15. The van der Waals surface area contributed by atoms with E-state index < -0.39 is 5.97 Å². The van der Waals surface area contributed by atoms with E-state index in [0.717, 1.165) is 16.7 Å². The van der Waals surface area contributed by atoms with Gasteiger partial charge in [0.25, 0.3) is 5.91 Å². The van der Waals surface area contributed by atoms with Crippen LogP contribution in [0.1, 0.15) is 50.6 Å². The maximum Gasteiger partial charge on any atom is 0.354 e. The Balaban J connectivity index is 1.86. The third-order valence-corrected chi connectivity index (χ3v) is 4.70. The van der Waals surface area contributed by atoms with Gasteiger partial charge in [-0.25, -0.2) is 9.78 Å². The van der Waals surface area contributed by atoms with E-state index in [1.807, 2.05) is 20.8 Å². The fourth-order valence-electron chi connectivity index (χ4n) is 3.18. The van der Waals surface area contributed by atoms with Gasteiger partial charge in [0.05, 0.1) is 19.2 Å². The Morgan fingerprint density at radius 2 is 2.00 bits per heavy atom. The highest BCUT2D eigenvalue weighted by Gasteiger charge is 2.32. The number of aryl methyl sites for hydroxylation is 2. The highest BCUT2D eigenvalue weighted by molar-refractivity contribution is 5.96. The van der Waals surface area contributed by atoms with Gasteiger partial charge in [-0.2, -0.15) is 0 Å². The molecule has 1 amide bonds. The van der Waals surface area contributed by atoms with E-state index in [0.29, 0.717) is 18.7 Å². The molecule has 2 atom stereocenters. The zero-order valence-electron chi connectivity index (χ0n) is 15.1. The molecule has 136 valence electrons. The average Bonchev–Trinajstić information content (AvgIpc) is 2.64. The van der Waals surface area contributed by atoms with Crippen molar-refractivity contribution in [2.75, 3.05) is 13.2 Å². The molecule has 0 spiro atoms. The van der Waals surface area contributed by atoms with Crippen LogP contribution in [0.15, 0.2) is 36.5 Å². The largest absolute Gasteiger partial charge is 0.477 e. The molecule has 2 aromatic rings. The quantitative estimate of drug-likeness (QED) is 0.916. The molecule has 0 bridgehead atoms. The Hall–Kier alpha value is -2.73. The zero-order chi connectivity index (χ0) is 18.8. The lowest BCUT2D eigenvalue weighted by atomic mass is 9.98. The van der Waals surface area contributed by atoms with Crippen LogP contribution >= 0.6 is 0 Å². The van der Waals surface area contributed by atoms with E-state index in [1.54, 1.807) is 11.0 Å². The number of hydrogen-bond donors (Lipinski definition) is 1. The molecule has 6 nitrogen and oxygen atoms in total. The van der Waals surface area contributed by atoms with Crippen LogP contribution in [0.4, 0.5) is 0 Å². The maximum absolute atomic E-state index is 13.0. The molecule has 0 saturated carbocycles. The molecule has 1 aromatic heterocycles. The van der Waals surface area contributed by atoms with Crippen molar-refractivity contribution in [3.63, 3.8) is 0 Å². The lowest BCUT2D eigenvalue weighted by molar-refractivity contribution is -0.0489. The number of benzene rings is 1. The third kappa shape index (κ3) is 3.60. The molecule has 1 aliphatic heterocycles. The average molecular weight is 354 g/mol. The Bertz CT molecular complexity index is 849. The van der Waals surface area contributed by atoms with Crippen LogP contribution in [0, 0.1) is 13.8 Å². The summed E-state index contributed by atoms with van der Waals surface area (Å²) in [7, 11) is 0. The van der Waals surface area contributed by atoms with E-state index in [4.69, 9.17) is 9.84 Å². The zero-order valence-corrected chi connectivity index (χ0v) is 15.1. The van der Waals surface area contributed by atoms with Gasteiger partial charge in [-0.05, 0) is 44.0 Å². The summed E-state index contributed by atoms with van der Waals surface area (Å²) < 4.78 is 5.99. The van der Waals surface area contributed by atoms with Gasteiger partial charge in [-0.3, -0.25) is 4.79 Å². The van der Waals surface area contributed by atoms with Gasteiger partial charge in [0.15, 0.2) is 0 Å². The number of hydrogen-bond acceptors (Lipinski definition) is 4. The van der Waals surface area contributed by atoms with E-state index >= 15 is 0 Å². The van der Waals surface area contributed by atoms with Gasteiger partial charge in [0.2, 0.25) is 0 Å². The standard InChI is InChI=1S/C20H22N2O4/c1-12-4-5-13(2)16(8-12)18-10-22(14(3)11-26-18)19(23)15-6-7-21-17(9-15)20(24)25/h4-9,14,18H,10-11H2,1-3H3,(H,24,25). The molecule has 1 saturated heterocycles. The molecule has 2 heterocycles. The van der Waals surface area contributed by atoms with Crippen molar-refractivity contribution in [3.8, 4) is 0 Å². The van der Waals surface area contributed by atoms with E-state index in [9.17, 15) is 9.59 Å². The first-order valence-corrected chi connectivity index (χ1v) is 8.56. The first-order chi connectivity index (χ1) is 12.4. The van der Waals surface area contributed by atoms with Gasteiger partial charge in [0, 0.05) is 11.8 Å². The molecule has 26 heavy (non-hydrogen) atoms. The summed E-state index contributed by atoms with van der Waals surface area (Å²) >= 11 is 0. The van der Waals surface area contributed by atoms with Crippen molar-refractivity contribution in [1.29, 1.82) is 0 Å². The van der Waals surface area contributed by atoms with Crippen molar-refractivity contribution in [2.24, 2.45) is 0 Å². The van der Waals surface area contributed by atoms with Crippen LogP contribution in [0.5, 0.6) is 0 Å². The summed E-state index contributed by atoms with van der Waals surface area (Å²) in [5.74, 6) is -1.36. The number of carbonyl (C=O) groups is 2. The monoisotopic (exact) mass is 354 g/mol. The number of carbonyl (C=O) groups excluding carboxylic acids is 1. The van der Waals surface area contributed by atoms with Gasteiger partial charge < -0.3 is 14.7 Å². The first kappa shape index (κ1) is 18.1. The molecule has 1 aliphatic rings. The second kappa shape index (κ2) is 7.25. The molecular formula is C20H22N2O4. The Morgan fingerprint density at radius 3 is 2.73 bits per heavy atom. The number of amides is 1. The lowest BCUT2D eigenvalue weighted by Crippen LogP contribution is -2.48. The SMILES string of the molecule is Cc1ccc(C)c(C2CN(C(=O)c3ccnc(C(=O)O)c3)C(C)CO2)c1. The van der Waals surface area contributed by atoms with Crippen LogP contribution in [0.2, 0.25) is 0 Å². The second-order valence-electron chi connectivity index (χ2n) is 6.72. The number of aromatic carboxylic acids is 1. The Morgan fingerprint density at radius 1 is 1.23 bits per heavy atom. The number of carboxylic acid groups (broad SMARTS) is 1. The molecule has 6 heteroatoms. The highest BCUT2D eigenvalue weighted by Crippen LogP contribution is 2.29. The number of ether oxygens (including phenoxy) is 1. The van der Waals surface area contributed by atoms with E-state index in [1.165, 1.54) is 12.3 Å². The van der Waals surface area contributed by atoms with Crippen LogP contribution in [-0.2, 0) is 4.74 Å². The predicted octanol–water partition coefficient (Wildman–Crippen LogP) is 3.00. The molecule has 1 fully saturated rings. The van der Waals surface area contributed by atoms with Crippen molar-refractivity contribution < 1.29 is 19.4 Å². The molecule has 2 unspecified atom stereocenters. The van der Waals surface area contributed by atoms with Gasteiger partial charge in [0.1, 0.15) is 11.8 Å². The van der Waals surface area contributed by atoms with Crippen LogP contribution < -0.4 is 0 Å². The first-order valence-electron chi connectivity index (χ1n) is 8.56. The number of carboxylic acids is 1. The summed E-state index contributed by atoms with van der Waals surface area (Å²) in [6, 6.07) is 8.97. The number of pyridine rings is 1. The van der Waals surface area contributed by atoms with Crippen molar-refractivity contribution in [2.45, 2.75) is 32.9 Å². The number of aromatic nitrogens is 1. The smallest absolute Gasteiger partial charge is 0.354 e. The number of morpholine rings is 1. The van der Waals surface area contributed by atoms with E-state index in [-0.39, 0.29) is 23.7 Å². The molecular weight excluding hydrogens is 332 g/mol.